The molecule has 1 aliphatic rings. The number of hydrogen-bond acceptors (Lipinski definition) is 3. The maximum Gasteiger partial charge on any atom is 0.243 e. The number of halogens is 2. The molecule has 1 aromatic carbocycles. The summed E-state index contributed by atoms with van der Waals surface area (Å²) in [4.78, 5) is 0.0753. The normalized spacial score (nSPS) is 21.1. The van der Waals surface area contributed by atoms with Crippen molar-refractivity contribution in [2.75, 3.05) is 20.2 Å². The highest BCUT2D eigenvalue weighted by Gasteiger charge is 2.30. The van der Waals surface area contributed by atoms with E-state index in [0.29, 0.717) is 13.1 Å². The smallest absolute Gasteiger partial charge is 0.243 e. The summed E-state index contributed by atoms with van der Waals surface area (Å²) in [7, 11) is -2.05. The van der Waals surface area contributed by atoms with E-state index in [-0.39, 0.29) is 22.4 Å². The number of benzene rings is 1. The number of alkyl halides is 1. The molecule has 4 nitrogen and oxygen atoms in total. The van der Waals surface area contributed by atoms with Crippen LogP contribution in [0.2, 0.25) is 0 Å². The van der Waals surface area contributed by atoms with Crippen LogP contribution in [0.1, 0.15) is 18.4 Å². The summed E-state index contributed by atoms with van der Waals surface area (Å²) in [5, 5.41) is 0. The number of hydrogen-bond donors (Lipinski definition) is 0. The zero-order valence-electron chi connectivity index (χ0n) is 11.2. The Kier molecular flexibility index (Phi) is 5.01. The van der Waals surface area contributed by atoms with Crippen molar-refractivity contribution < 1.29 is 17.5 Å². The third-order valence-electron chi connectivity index (χ3n) is 3.47. The molecule has 0 aliphatic carbocycles. The van der Waals surface area contributed by atoms with Crippen LogP contribution in [0.5, 0.6) is 0 Å². The van der Waals surface area contributed by atoms with Crippen molar-refractivity contribution in [1.82, 2.24) is 4.31 Å². The molecule has 1 fully saturated rings. The van der Waals surface area contributed by atoms with Gasteiger partial charge in [0.15, 0.2) is 0 Å². The van der Waals surface area contributed by atoms with Crippen LogP contribution in [0.4, 0.5) is 4.39 Å². The molecule has 7 heteroatoms. The van der Waals surface area contributed by atoms with Crippen LogP contribution >= 0.6 is 11.6 Å². The summed E-state index contributed by atoms with van der Waals surface area (Å²) in [6, 6.07) is 3.72. The Labute approximate surface area is 123 Å². The summed E-state index contributed by atoms with van der Waals surface area (Å²) >= 11 is 5.62. The van der Waals surface area contributed by atoms with Crippen molar-refractivity contribution in [3.8, 4) is 0 Å². The van der Waals surface area contributed by atoms with Crippen molar-refractivity contribution >= 4 is 21.6 Å². The minimum Gasteiger partial charge on any atom is -0.380 e. The van der Waals surface area contributed by atoms with Gasteiger partial charge in [-0.3, -0.25) is 0 Å². The monoisotopic (exact) mass is 321 g/mol. The molecule has 0 aromatic heterocycles. The molecule has 1 aliphatic heterocycles. The van der Waals surface area contributed by atoms with Crippen molar-refractivity contribution in [3.05, 3.63) is 29.6 Å². The van der Waals surface area contributed by atoms with E-state index in [4.69, 9.17) is 16.3 Å². The van der Waals surface area contributed by atoms with Crippen molar-refractivity contribution in [2.45, 2.75) is 29.7 Å². The first kappa shape index (κ1) is 15.7. The molecule has 1 heterocycles. The average Bonchev–Trinajstić information content (AvgIpc) is 2.47. The fourth-order valence-corrected chi connectivity index (χ4v) is 4.04. The van der Waals surface area contributed by atoms with Gasteiger partial charge in [0.25, 0.3) is 0 Å². The Bertz CT molecular complexity index is 579. The van der Waals surface area contributed by atoms with Crippen LogP contribution in [0.3, 0.4) is 0 Å². The molecule has 112 valence electrons. The standard InChI is InChI=1S/C13H17ClFNO3S/c1-19-11-3-2-6-16(9-11)20(17,18)12-4-5-13(15)10(7-12)8-14/h4-5,7,11H,2-3,6,8-9H2,1H3. The number of methoxy groups -OCH3 is 1. The molecule has 2 rings (SSSR count). The fourth-order valence-electron chi connectivity index (χ4n) is 2.28. The quantitative estimate of drug-likeness (QED) is 0.800. The SMILES string of the molecule is COC1CCCN(S(=O)(=O)c2ccc(F)c(CCl)c2)C1. The van der Waals surface area contributed by atoms with E-state index >= 15 is 0 Å². The van der Waals surface area contributed by atoms with Gasteiger partial charge in [-0.25, -0.2) is 12.8 Å². The number of sulfonamides is 1. The molecule has 1 unspecified atom stereocenters. The highest BCUT2D eigenvalue weighted by Crippen LogP contribution is 2.24. The molecule has 0 amide bonds. The van der Waals surface area contributed by atoms with E-state index < -0.39 is 15.8 Å². The predicted molar refractivity (Wildman–Crippen MR) is 74.7 cm³/mol. The van der Waals surface area contributed by atoms with Crippen LogP contribution in [0.25, 0.3) is 0 Å². The Morgan fingerprint density at radius 1 is 1.50 bits per heavy atom. The Morgan fingerprint density at radius 3 is 2.90 bits per heavy atom. The second-order valence-corrected chi connectivity index (χ2v) is 6.96. The first-order chi connectivity index (χ1) is 9.48. The van der Waals surface area contributed by atoms with Gasteiger partial charge in [0.05, 0.1) is 16.9 Å². The van der Waals surface area contributed by atoms with Gasteiger partial charge in [0.1, 0.15) is 5.82 Å². The van der Waals surface area contributed by atoms with Crippen LogP contribution < -0.4 is 0 Å². The zero-order chi connectivity index (χ0) is 14.8. The summed E-state index contributed by atoms with van der Waals surface area (Å²) in [6.45, 7) is 0.780. The minimum absolute atomic E-state index is 0.0596. The van der Waals surface area contributed by atoms with Crippen LogP contribution in [-0.2, 0) is 20.6 Å². The Morgan fingerprint density at radius 2 is 2.25 bits per heavy atom. The van der Waals surface area contributed by atoms with E-state index in [1.165, 1.54) is 16.4 Å². The average molecular weight is 322 g/mol. The van der Waals surface area contributed by atoms with Gasteiger partial charge in [-0.1, -0.05) is 0 Å². The summed E-state index contributed by atoms with van der Waals surface area (Å²) in [5.74, 6) is -0.553. The van der Waals surface area contributed by atoms with Gasteiger partial charge in [0.2, 0.25) is 10.0 Å². The second-order valence-electron chi connectivity index (χ2n) is 4.75. The van der Waals surface area contributed by atoms with Crippen LogP contribution in [-0.4, -0.2) is 39.0 Å². The van der Waals surface area contributed by atoms with Gasteiger partial charge in [-0.2, -0.15) is 4.31 Å². The zero-order valence-corrected chi connectivity index (χ0v) is 12.8. The van der Waals surface area contributed by atoms with Gasteiger partial charge < -0.3 is 4.74 Å². The molecule has 1 atom stereocenters. The molecule has 0 N–H and O–H groups in total. The lowest BCUT2D eigenvalue weighted by Crippen LogP contribution is -2.42. The van der Waals surface area contributed by atoms with Crippen molar-refractivity contribution in [1.29, 1.82) is 0 Å². The number of rotatable bonds is 4. The maximum atomic E-state index is 13.4. The first-order valence-corrected chi connectivity index (χ1v) is 8.34. The molecule has 20 heavy (non-hydrogen) atoms. The molecule has 0 bridgehead atoms. The van der Waals surface area contributed by atoms with Crippen molar-refractivity contribution in [2.24, 2.45) is 0 Å². The largest absolute Gasteiger partial charge is 0.380 e. The van der Waals surface area contributed by atoms with Crippen LogP contribution in [0.15, 0.2) is 23.1 Å². The fraction of sp³-hybridized carbons (Fsp3) is 0.538. The topological polar surface area (TPSA) is 46.6 Å². The van der Waals surface area contributed by atoms with Crippen molar-refractivity contribution in [3.63, 3.8) is 0 Å². The lowest BCUT2D eigenvalue weighted by atomic mass is 10.1. The lowest BCUT2D eigenvalue weighted by Gasteiger charge is -2.31. The van der Waals surface area contributed by atoms with Gasteiger partial charge >= 0.3 is 0 Å². The summed E-state index contributed by atoms with van der Waals surface area (Å²) in [5.41, 5.74) is 0.188. The molecule has 0 radical (unpaired) electrons. The summed E-state index contributed by atoms with van der Waals surface area (Å²) in [6.07, 6.45) is 1.51. The third kappa shape index (κ3) is 3.14. The lowest BCUT2D eigenvalue weighted by molar-refractivity contribution is 0.0572. The minimum atomic E-state index is -3.63. The molecule has 0 saturated carbocycles. The second kappa shape index (κ2) is 6.39. The number of piperidine rings is 1. The Hall–Kier alpha value is -0.690. The van der Waals surface area contributed by atoms with E-state index in [9.17, 15) is 12.8 Å². The number of nitrogens with zero attached hydrogens (tertiary/aromatic N) is 1. The van der Waals surface area contributed by atoms with E-state index in [2.05, 4.69) is 0 Å². The molecular formula is C13H17ClFNO3S. The predicted octanol–water partition coefficient (Wildman–Crippen LogP) is 2.36. The Balaban J connectivity index is 2.30. The van der Waals surface area contributed by atoms with Crippen LogP contribution in [0, 0.1) is 5.82 Å². The maximum absolute atomic E-state index is 13.4. The van der Waals surface area contributed by atoms with E-state index in [1.54, 1.807) is 7.11 Å². The highest BCUT2D eigenvalue weighted by molar-refractivity contribution is 7.89. The molecule has 1 aromatic rings. The van der Waals surface area contributed by atoms with E-state index in [1.807, 2.05) is 0 Å². The van der Waals surface area contributed by atoms with Gasteiger partial charge in [-0.05, 0) is 31.0 Å². The third-order valence-corrected chi connectivity index (χ3v) is 5.62. The summed E-state index contributed by atoms with van der Waals surface area (Å²) < 4.78 is 45.1. The first-order valence-electron chi connectivity index (χ1n) is 6.36. The molecular weight excluding hydrogens is 305 g/mol. The van der Waals surface area contributed by atoms with Gasteiger partial charge in [0, 0.05) is 25.8 Å². The number of ether oxygens (including phenoxy) is 1. The molecule has 1 saturated heterocycles. The van der Waals surface area contributed by atoms with Gasteiger partial charge in [-0.15, -0.1) is 11.6 Å². The molecule has 0 spiro atoms. The highest BCUT2D eigenvalue weighted by atomic mass is 35.5. The van der Waals surface area contributed by atoms with E-state index in [0.717, 1.165) is 18.9 Å².